The second kappa shape index (κ2) is 5.12. The first-order valence-corrected chi connectivity index (χ1v) is 7.30. The van der Waals surface area contributed by atoms with Crippen LogP contribution in [0.15, 0.2) is 12.3 Å². The monoisotopic (exact) mass is 262 g/mol. The molecule has 1 aliphatic rings. The molecule has 3 atom stereocenters. The maximum atomic E-state index is 11.4. The fourth-order valence-electron chi connectivity index (χ4n) is 3.80. The number of aryl methyl sites for hydroxylation is 1. The predicted molar refractivity (Wildman–Crippen MR) is 78.6 cm³/mol. The summed E-state index contributed by atoms with van der Waals surface area (Å²) in [5.41, 5.74) is 7.16. The summed E-state index contributed by atoms with van der Waals surface area (Å²) in [5.74, 6) is 1.71. The van der Waals surface area contributed by atoms with Crippen molar-refractivity contribution in [1.82, 2.24) is 4.98 Å². The zero-order chi connectivity index (χ0) is 14.2. The van der Waals surface area contributed by atoms with Crippen LogP contribution in [0.5, 0.6) is 0 Å². The van der Waals surface area contributed by atoms with E-state index in [-0.39, 0.29) is 5.92 Å². The molecule has 0 aliphatic heterocycles. The number of nitrogens with zero attached hydrogens (tertiary/aromatic N) is 1. The summed E-state index contributed by atoms with van der Waals surface area (Å²) in [5, 5.41) is 11.4. The van der Waals surface area contributed by atoms with Crippen LogP contribution in [0.3, 0.4) is 0 Å². The molecule has 1 aromatic rings. The zero-order valence-electron chi connectivity index (χ0n) is 12.5. The molecule has 3 heteroatoms. The molecule has 1 aliphatic carbocycles. The van der Waals surface area contributed by atoms with Gasteiger partial charge >= 0.3 is 0 Å². The molecule has 0 saturated heterocycles. The minimum atomic E-state index is -0.825. The Hall–Kier alpha value is -1.09. The van der Waals surface area contributed by atoms with E-state index in [1.54, 1.807) is 6.20 Å². The van der Waals surface area contributed by atoms with Crippen molar-refractivity contribution in [1.29, 1.82) is 0 Å². The Morgan fingerprint density at radius 2 is 2.11 bits per heavy atom. The van der Waals surface area contributed by atoms with Crippen LogP contribution in [0.2, 0.25) is 0 Å². The van der Waals surface area contributed by atoms with Gasteiger partial charge in [-0.3, -0.25) is 0 Å². The number of nitrogen functional groups attached to an aromatic ring is 1. The second-order valence-electron chi connectivity index (χ2n) is 6.55. The van der Waals surface area contributed by atoms with E-state index in [2.05, 4.69) is 25.8 Å². The molecule has 0 bridgehead atoms. The largest absolute Gasteiger partial charge is 0.385 e. The fraction of sp³-hybridized carbons (Fsp3) is 0.688. The predicted octanol–water partition coefficient (Wildman–Crippen LogP) is 3.25. The van der Waals surface area contributed by atoms with Crippen molar-refractivity contribution in [3.8, 4) is 0 Å². The van der Waals surface area contributed by atoms with Gasteiger partial charge < -0.3 is 10.8 Å². The van der Waals surface area contributed by atoms with E-state index in [4.69, 9.17) is 5.73 Å². The second-order valence-corrected chi connectivity index (χ2v) is 6.55. The maximum absolute atomic E-state index is 11.4. The third kappa shape index (κ3) is 2.48. The van der Waals surface area contributed by atoms with E-state index in [1.807, 2.05) is 13.0 Å². The highest BCUT2D eigenvalue weighted by Crippen LogP contribution is 2.49. The van der Waals surface area contributed by atoms with Gasteiger partial charge in [-0.25, -0.2) is 4.98 Å². The fourth-order valence-corrected chi connectivity index (χ4v) is 3.80. The first kappa shape index (κ1) is 14.3. The highest BCUT2D eigenvalue weighted by molar-refractivity contribution is 5.48. The SMILES string of the molecule is Cc1ccnc(N)c1C1(O)CC(C)CCC1C(C)C. The first-order chi connectivity index (χ1) is 8.86. The molecule has 3 unspecified atom stereocenters. The Morgan fingerprint density at radius 3 is 2.68 bits per heavy atom. The van der Waals surface area contributed by atoms with Gasteiger partial charge in [0.2, 0.25) is 0 Å². The smallest absolute Gasteiger partial charge is 0.129 e. The van der Waals surface area contributed by atoms with Crippen LogP contribution in [-0.4, -0.2) is 10.1 Å². The summed E-state index contributed by atoms with van der Waals surface area (Å²) < 4.78 is 0. The van der Waals surface area contributed by atoms with Crippen LogP contribution in [0.25, 0.3) is 0 Å². The standard InChI is InChI=1S/C16H26N2O/c1-10(2)13-6-5-11(3)9-16(13,19)14-12(4)7-8-18-15(14)17/h7-8,10-11,13,19H,5-6,9H2,1-4H3,(H2,17,18). The van der Waals surface area contributed by atoms with Gasteiger partial charge in [-0.05, 0) is 49.1 Å². The lowest BCUT2D eigenvalue weighted by molar-refractivity contribution is -0.0865. The van der Waals surface area contributed by atoms with Crippen molar-refractivity contribution in [3.05, 3.63) is 23.4 Å². The van der Waals surface area contributed by atoms with Crippen molar-refractivity contribution in [2.45, 2.75) is 52.6 Å². The van der Waals surface area contributed by atoms with Crippen molar-refractivity contribution in [3.63, 3.8) is 0 Å². The molecule has 0 amide bonds. The topological polar surface area (TPSA) is 59.1 Å². The number of nitrogens with two attached hydrogens (primary N) is 1. The van der Waals surface area contributed by atoms with E-state index < -0.39 is 5.60 Å². The van der Waals surface area contributed by atoms with Crippen LogP contribution in [0.4, 0.5) is 5.82 Å². The summed E-state index contributed by atoms with van der Waals surface area (Å²) in [7, 11) is 0. The lowest BCUT2D eigenvalue weighted by Crippen LogP contribution is -2.44. The summed E-state index contributed by atoms with van der Waals surface area (Å²) >= 11 is 0. The number of pyridine rings is 1. The van der Waals surface area contributed by atoms with Gasteiger partial charge in [0, 0.05) is 11.8 Å². The average Bonchev–Trinajstić information content (AvgIpc) is 2.27. The lowest BCUT2D eigenvalue weighted by atomic mass is 9.64. The number of hydrogen-bond acceptors (Lipinski definition) is 3. The lowest BCUT2D eigenvalue weighted by Gasteiger charge is -2.45. The molecule has 3 N–H and O–H groups in total. The Kier molecular flexibility index (Phi) is 3.86. The molecule has 1 heterocycles. The van der Waals surface area contributed by atoms with Gasteiger partial charge in [0.1, 0.15) is 5.82 Å². The zero-order valence-corrected chi connectivity index (χ0v) is 12.5. The molecule has 1 fully saturated rings. The van der Waals surface area contributed by atoms with E-state index in [0.717, 1.165) is 24.0 Å². The normalized spacial score (nSPS) is 31.7. The summed E-state index contributed by atoms with van der Waals surface area (Å²) in [4.78, 5) is 4.20. The molecule has 0 radical (unpaired) electrons. The molecule has 1 aromatic heterocycles. The van der Waals surface area contributed by atoms with Crippen molar-refractivity contribution in [2.24, 2.45) is 17.8 Å². The molecule has 0 aromatic carbocycles. The highest BCUT2D eigenvalue weighted by Gasteiger charge is 2.46. The number of rotatable bonds is 2. The average molecular weight is 262 g/mol. The number of anilines is 1. The van der Waals surface area contributed by atoms with Crippen LogP contribution < -0.4 is 5.73 Å². The van der Waals surface area contributed by atoms with Crippen molar-refractivity contribution >= 4 is 5.82 Å². The quantitative estimate of drug-likeness (QED) is 0.860. The van der Waals surface area contributed by atoms with E-state index in [9.17, 15) is 5.11 Å². The summed E-state index contributed by atoms with van der Waals surface area (Å²) in [6.07, 6.45) is 4.74. The Labute approximate surface area is 116 Å². The molecule has 3 nitrogen and oxygen atoms in total. The minimum absolute atomic E-state index is 0.258. The number of aromatic nitrogens is 1. The third-order valence-corrected chi connectivity index (χ3v) is 4.67. The van der Waals surface area contributed by atoms with Crippen molar-refractivity contribution in [2.75, 3.05) is 5.73 Å². The van der Waals surface area contributed by atoms with Crippen molar-refractivity contribution < 1.29 is 5.11 Å². The summed E-state index contributed by atoms with van der Waals surface area (Å²) in [6.45, 7) is 8.60. The molecule has 106 valence electrons. The Morgan fingerprint density at radius 1 is 1.42 bits per heavy atom. The Bertz CT molecular complexity index is 438. The molecule has 2 rings (SSSR count). The molecule has 1 saturated carbocycles. The van der Waals surface area contributed by atoms with E-state index >= 15 is 0 Å². The first-order valence-electron chi connectivity index (χ1n) is 7.30. The molecular formula is C16H26N2O. The Balaban J connectivity index is 2.53. The molecule has 0 spiro atoms. The minimum Gasteiger partial charge on any atom is -0.385 e. The third-order valence-electron chi connectivity index (χ3n) is 4.67. The number of aliphatic hydroxyl groups is 1. The van der Waals surface area contributed by atoms with Gasteiger partial charge in [-0.1, -0.05) is 27.2 Å². The van der Waals surface area contributed by atoms with Crippen LogP contribution in [0, 0.1) is 24.7 Å². The van der Waals surface area contributed by atoms with Gasteiger partial charge in [0.25, 0.3) is 0 Å². The molecule has 19 heavy (non-hydrogen) atoms. The van der Waals surface area contributed by atoms with Crippen LogP contribution in [0.1, 0.15) is 51.2 Å². The van der Waals surface area contributed by atoms with Gasteiger partial charge in [-0.2, -0.15) is 0 Å². The molecular weight excluding hydrogens is 236 g/mol. The maximum Gasteiger partial charge on any atom is 0.129 e. The highest BCUT2D eigenvalue weighted by atomic mass is 16.3. The van der Waals surface area contributed by atoms with Crippen LogP contribution in [-0.2, 0) is 5.60 Å². The van der Waals surface area contributed by atoms with E-state index in [0.29, 0.717) is 17.7 Å². The number of hydrogen-bond donors (Lipinski definition) is 2. The van der Waals surface area contributed by atoms with Gasteiger partial charge in [-0.15, -0.1) is 0 Å². The van der Waals surface area contributed by atoms with Gasteiger partial charge in [0.15, 0.2) is 0 Å². The summed E-state index contributed by atoms with van der Waals surface area (Å²) in [6, 6.07) is 1.94. The van der Waals surface area contributed by atoms with Gasteiger partial charge in [0.05, 0.1) is 5.60 Å². The van der Waals surface area contributed by atoms with Crippen LogP contribution >= 0.6 is 0 Å². The van der Waals surface area contributed by atoms with E-state index in [1.165, 1.54) is 6.42 Å².